The number of nitrogens with zero attached hydrogens (tertiary/aromatic N) is 4. The van der Waals surface area contributed by atoms with E-state index in [2.05, 4.69) is 5.32 Å². The Labute approximate surface area is 392 Å². The highest BCUT2D eigenvalue weighted by Gasteiger charge is 2.41. The highest BCUT2D eigenvalue weighted by molar-refractivity contribution is 5.93. The van der Waals surface area contributed by atoms with Crippen molar-refractivity contribution in [2.75, 3.05) is 134 Å². The number of hydrogen-bond donors (Lipinski definition) is 1. The first-order chi connectivity index (χ1) is 31.5. The first kappa shape index (κ1) is 60.1. The number of amides is 5. The molecule has 1 fully saturated rings. The molecule has 0 bridgehead atoms. The highest BCUT2D eigenvalue weighted by Crippen LogP contribution is 2.28. The van der Waals surface area contributed by atoms with Crippen LogP contribution in [0.25, 0.3) is 0 Å². The van der Waals surface area contributed by atoms with Crippen LogP contribution in [0.4, 0.5) is 0 Å². The number of aldehydes is 2. The molecule has 0 radical (unpaired) electrons. The van der Waals surface area contributed by atoms with Crippen molar-refractivity contribution in [2.45, 2.75) is 96.6 Å². The van der Waals surface area contributed by atoms with Crippen molar-refractivity contribution in [3.8, 4) is 0 Å². The zero-order chi connectivity index (χ0) is 49.5. The molecule has 0 spiro atoms. The summed E-state index contributed by atoms with van der Waals surface area (Å²) >= 11 is 0. The van der Waals surface area contributed by atoms with Crippen LogP contribution in [0.2, 0.25) is 0 Å². The number of likely N-dealkylation sites (tertiary alicyclic amines) is 1. The molecule has 6 atom stereocenters. The number of methoxy groups -OCH3 is 2. The Kier molecular flexibility index (Phi) is 31.3. The third-order valence-corrected chi connectivity index (χ3v) is 11.9. The topological polar surface area (TPSA) is 218 Å². The van der Waals surface area contributed by atoms with Crippen molar-refractivity contribution in [3.05, 3.63) is 12.2 Å². The van der Waals surface area contributed by atoms with Gasteiger partial charge in [0, 0.05) is 60.4 Å². The van der Waals surface area contributed by atoms with E-state index in [1.54, 1.807) is 46.9 Å². The third kappa shape index (κ3) is 21.8. The van der Waals surface area contributed by atoms with Gasteiger partial charge in [0.15, 0.2) is 0 Å². The minimum Gasteiger partial charge on any atom is -0.379 e. The van der Waals surface area contributed by atoms with E-state index in [0.717, 1.165) is 25.2 Å². The van der Waals surface area contributed by atoms with Crippen LogP contribution in [-0.4, -0.2) is 226 Å². The molecule has 20 nitrogen and oxygen atoms in total. The van der Waals surface area contributed by atoms with Gasteiger partial charge in [-0.05, 0) is 38.7 Å². The Morgan fingerprint density at radius 2 is 1.30 bits per heavy atom. The number of likely N-dealkylation sites (N-methyl/N-ethyl adjacent to an activating group) is 3. The molecular weight excluding hydrogens is 863 g/mol. The summed E-state index contributed by atoms with van der Waals surface area (Å²) in [5.41, 5.74) is -1.28. The Morgan fingerprint density at radius 3 is 1.79 bits per heavy atom. The van der Waals surface area contributed by atoms with Gasteiger partial charge in [0.2, 0.25) is 29.5 Å². The number of carbonyl (C=O) groups is 7. The van der Waals surface area contributed by atoms with Crippen LogP contribution in [-0.2, 0) is 71.5 Å². The molecule has 1 aliphatic heterocycles. The molecule has 66 heavy (non-hydrogen) atoms. The van der Waals surface area contributed by atoms with Gasteiger partial charge in [0.25, 0.3) is 0 Å². The van der Waals surface area contributed by atoms with Crippen LogP contribution >= 0.6 is 0 Å². The normalized spacial score (nSPS) is 16.3. The number of ether oxygens (including phenoxy) is 8. The number of nitrogens with one attached hydrogen (secondary N) is 1. The fourth-order valence-electron chi connectivity index (χ4n) is 7.33. The van der Waals surface area contributed by atoms with Crippen molar-refractivity contribution in [1.82, 2.24) is 24.9 Å². The summed E-state index contributed by atoms with van der Waals surface area (Å²) < 4.78 is 44.5. The number of carbonyl (C=O) groups excluding carboxylic acids is 7. The van der Waals surface area contributed by atoms with Gasteiger partial charge in [-0.1, -0.05) is 27.2 Å². The largest absolute Gasteiger partial charge is 0.379 e. The van der Waals surface area contributed by atoms with E-state index >= 15 is 0 Å². The maximum absolute atomic E-state index is 13.7. The second-order valence-electron chi connectivity index (χ2n) is 16.7. The Balaban J connectivity index is 2.34. The van der Waals surface area contributed by atoms with E-state index < -0.39 is 29.7 Å². The SMILES string of the molecule is CCC(C)C(C(CC(=O)N1CCCC1C(OC)C(C)C=O)OC)N(C)C(=O)CNC(=O)C(C)(C)N(C)C(=O)CCOCCOCCOCCOCCOCCOCCN(C)C(=O)/C=C\C=O. The number of allylic oxidation sites excluding steroid dienone is 1. The molecule has 0 aromatic carbocycles. The minimum absolute atomic E-state index is 0.0249. The second kappa shape index (κ2) is 34.4. The van der Waals surface area contributed by atoms with Gasteiger partial charge in [-0.3, -0.25) is 28.8 Å². The fourth-order valence-corrected chi connectivity index (χ4v) is 7.33. The Hall–Kier alpha value is -3.89. The molecule has 6 unspecified atom stereocenters. The van der Waals surface area contributed by atoms with Gasteiger partial charge in [0.05, 0.1) is 123 Å². The number of rotatable bonds is 38. The maximum atomic E-state index is 13.7. The van der Waals surface area contributed by atoms with E-state index in [4.69, 9.17) is 37.9 Å². The zero-order valence-corrected chi connectivity index (χ0v) is 41.3. The van der Waals surface area contributed by atoms with E-state index in [1.807, 2.05) is 13.8 Å². The minimum atomic E-state index is -1.28. The lowest BCUT2D eigenvalue weighted by Crippen LogP contribution is -2.58. The van der Waals surface area contributed by atoms with E-state index in [0.29, 0.717) is 91.9 Å². The predicted molar refractivity (Wildman–Crippen MR) is 244 cm³/mol. The zero-order valence-electron chi connectivity index (χ0n) is 41.3. The van der Waals surface area contributed by atoms with E-state index in [-0.39, 0.29) is 74.1 Å². The molecule has 1 heterocycles. The van der Waals surface area contributed by atoms with Crippen molar-refractivity contribution in [2.24, 2.45) is 11.8 Å². The van der Waals surface area contributed by atoms with Gasteiger partial charge in [-0.2, -0.15) is 0 Å². The van der Waals surface area contributed by atoms with Gasteiger partial charge < -0.3 is 67.6 Å². The lowest BCUT2D eigenvalue weighted by molar-refractivity contribution is -0.147. The van der Waals surface area contributed by atoms with Gasteiger partial charge in [-0.15, -0.1) is 0 Å². The molecular formula is C46H81N5O15. The monoisotopic (exact) mass is 944 g/mol. The van der Waals surface area contributed by atoms with Crippen LogP contribution in [0.15, 0.2) is 12.2 Å². The average Bonchev–Trinajstić information content (AvgIpc) is 3.80. The molecule has 1 N–H and O–H groups in total. The summed E-state index contributed by atoms with van der Waals surface area (Å²) in [6, 6.07) is -0.718. The van der Waals surface area contributed by atoms with Gasteiger partial charge in [-0.25, -0.2) is 0 Å². The summed E-state index contributed by atoms with van der Waals surface area (Å²) in [4.78, 5) is 93.3. The summed E-state index contributed by atoms with van der Waals surface area (Å²) in [6.07, 6.45) is 4.97. The van der Waals surface area contributed by atoms with Crippen molar-refractivity contribution >= 4 is 42.1 Å². The molecule has 1 saturated heterocycles. The lowest BCUT2D eigenvalue weighted by Gasteiger charge is -2.39. The second-order valence-corrected chi connectivity index (χ2v) is 16.7. The lowest BCUT2D eigenvalue weighted by atomic mass is 9.90. The van der Waals surface area contributed by atoms with Crippen LogP contribution in [0.5, 0.6) is 0 Å². The molecule has 0 aromatic heterocycles. The standard InChI is InChI=1S/C46H81N5O15/c1-11-35(2)43(38(59-9)32-41(56)51-17-12-14-37(51)44(60-10)36(3)34-53)49(7)42(57)33-47-45(58)46(4,5)50(8)40(55)16-20-61-22-24-63-26-28-65-30-31-66-29-27-64-25-23-62-21-18-48(6)39(54)15-13-19-52/h13,15,19,34-38,43-44H,11-12,14,16-18,20-33H2,1-10H3,(H,47,58)/b15-13-. The van der Waals surface area contributed by atoms with Gasteiger partial charge in [0.1, 0.15) is 18.1 Å². The van der Waals surface area contributed by atoms with E-state index in [9.17, 15) is 33.6 Å². The van der Waals surface area contributed by atoms with E-state index in [1.165, 1.54) is 34.9 Å². The molecule has 0 aromatic rings. The van der Waals surface area contributed by atoms with Crippen LogP contribution in [0.1, 0.15) is 66.7 Å². The molecule has 1 aliphatic rings. The number of hydrogen-bond acceptors (Lipinski definition) is 15. The Morgan fingerprint density at radius 1 is 0.773 bits per heavy atom. The molecule has 0 aliphatic carbocycles. The first-order valence-corrected chi connectivity index (χ1v) is 23.0. The summed E-state index contributed by atoms with van der Waals surface area (Å²) in [6.45, 7) is 13.8. The highest BCUT2D eigenvalue weighted by atomic mass is 16.6. The van der Waals surface area contributed by atoms with Crippen molar-refractivity contribution in [1.29, 1.82) is 0 Å². The van der Waals surface area contributed by atoms with Crippen molar-refractivity contribution < 1.29 is 71.5 Å². The molecule has 380 valence electrons. The average molecular weight is 944 g/mol. The fraction of sp³-hybridized carbons (Fsp3) is 0.804. The predicted octanol–water partition coefficient (Wildman–Crippen LogP) is 1.16. The summed E-state index contributed by atoms with van der Waals surface area (Å²) in [7, 11) is 7.86. The quantitative estimate of drug-likeness (QED) is 0.0522. The Bertz CT molecular complexity index is 1470. The van der Waals surface area contributed by atoms with Crippen LogP contribution in [0.3, 0.4) is 0 Å². The van der Waals surface area contributed by atoms with Crippen LogP contribution in [0, 0.1) is 11.8 Å². The molecule has 1 rings (SSSR count). The van der Waals surface area contributed by atoms with Crippen LogP contribution < -0.4 is 5.32 Å². The molecule has 0 saturated carbocycles. The van der Waals surface area contributed by atoms with Gasteiger partial charge >= 0.3 is 0 Å². The first-order valence-electron chi connectivity index (χ1n) is 23.0. The summed E-state index contributed by atoms with van der Waals surface area (Å²) in [5.74, 6) is -2.03. The molecule has 20 heteroatoms. The maximum Gasteiger partial charge on any atom is 0.246 e. The molecule has 5 amide bonds. The smallest absolute Gasteiger partial charge is 0.246 e. The third-order valence-electron chi connectivity index (χ3n) is 11.9. The summed E-state index contributed by atoms with van der Waals surface area (Å²) in [5, 5.41) is 2.70. The van der Waals surface area contributed by atoms with Crippen molar-refractivity contribution in [3.63, 3.8) is 0 Å².